The minimum Gasteiger partial charge on any atom is -0.370 e. The standard InChI is InChI=1S/C16H27N3.HI/c1-19(14-2-3-14)15(17)18-10-16-7-11-4-12(8-16)6-13(5-11)9-16;/h11-14H,2-10H2,1H3,(H2,17,18);1H. The molecule has 3 nitrogen and oxygen atoms in total. The van der Waals surface area contributed by atoms with Crippen molar-refractivity contribution in [3.63, 3.8) is 0 Å². The molecule has 114 valence electrons. The molecule has 0 aromatic heterocycles. The summed E-state index contributed by atoms with van der Waals surface area (Å²) in [5, 5.41) is 0. The third kappa shape index (κ3) is 2.69. The van der Waals surface area contributed by atoms with E-state index in [-0.39, 0.29) is 24.0 Å². The summed E-state index contributed by atoms with van der Waals surface area (Å²) in [6, 6.07) is 0.681. The van der Waals surface area contributed by atoms with E-state index in [1.165, 1.54) is 51.4 Å². The molecule has 0 atom stereocenters. The van der Waals surface area contributed by atoms with Crippen molar-refractivity contribution in [3.8, 4) is 0 Å². The molecule has 2 N–H and O–H groups in total. The molecule has 4 bridgehead atoms. The van der Waals surface area contributed by atoms with Gasteiger partial charge in [0, 0.05) is 19.6 Å². The van der Waals surface area contributed by atoms with Crippen LogP contribution in [-0.2, 0) is 0 Å². The highest BCUT2D eigenvalue weighted by Crippen LogP contribution is 2.60. The molecule has 5 fully saturated rings. The van der Waals surface area contributed by atoms with Crippen molar-refractivity contribution < 1.29 is 0 Å². The lowest BCUT2D eigenvalue weighted by Gasteiger charge is -2.56. The summed E-state index contributed by atoms with van der Waals surface area (Å²) in [5.41, 5.74) is 6.69. The van der Waals surface area contributed by atoms with E-state index in [1.807, 2.05) is 0 Å². The molecule has 5 saturated carbocycles. The second-order valence-electron chi connectivity index (χ2n) is 7.93. The van der Waals surface area contributed by atoms with Crippen LogP contribution in [0.1, 0.15) is 51.4 Å². The van der Waals surface area contributed by atoms with Crippen molar-refractivity contribution in [3.05, 3.63) is 0 Å². The fourth-order valence-electron chi connectivity index (χ4n) is 5.49. The summed E-state index contributed by atoms with van der Waals surface area (Å²) >= 11 is 0. The minimum absolute atomic E-state index is 0. The van der Waals surface area contributed by atoms with E-state index in [1.54, 1.807) is 0 Å². The van der Waals surface area contributed by atoms with Crippen molar-refractivity contribution in [2.24, 2.45) is 33.9 Å². The molecule has 4 heteroatoms. The second kappa shape index (κ2) is 5.33. The molecule has 0 spiro atoms. The molecule has 0 radical (unpaired) electrons. The molecule has 0 heterocycles. The first-order valence-corrected chi connectivity index (χ1v) is 8.16. The van der Waals surface area contributed by atoms with Gasteiger partial charge in [0.2, 0.25) is 0 Å². The maximum atomic E-state index is 6.16. The molecular formula is C16H28IN3. The first kappa shape index (κ1) is 14.9. The largest absolute Gasteiger partial charge is 0.370 e. The van der Waals surface area contributed by atoms with E-state index in [0.717, 1.165) is 30.3 Å². The quantitative estimate of drug-likeness (QED) is 0.458. The lowest BCUT2D eigenvalue weighted by molar-refractivity contribution is -0.0466. The van der Waals surface area contributed by atoms with Gasteiger partial charge >= 0.3 is 0 Å². The Hall–Kier alpha value is 0. The van der Waals surface area contributed by atoms with Crippen LogP contribution in [0.5, 0.6) is 0 Å². The van der Waals surface area contributed by atoms with Gasteiger partial charge in [-0.25, -0.2) is 0 Å². The average molecular weight is 389 g/mol. The highest BCUT2D eigenvalue weighted by Gasteiger charge is 2.50. The highest BCUT2D eigenvalue weighted by atomic mass is 127. The molecular weight excluding hydrogens is 361 g/mol. The smallest absolute Gasteiger partial charge is 0.191 e. The van der Waals surface area contributed by atoms with Crippen LogP contribution in [0.15, 0.2) is 4.99 Å². The maximum Gasteiger partial charge on any atom is 0.191 e. The van der Waals surface area contributed by atoms with Gasteiger partial charge in [0.05, 0.1) is 0 Å². The number of hydrogen-bond donors (Lipinski definition) is 1. The van der Waals surface area contributed by atoms with Crippen LogP contribution in [0.4, 0.5) is 0 Å². The summed E-state index contributed by atoms with van der Waals surface area (Å²) in [7, 11) is 2.11. The van der Waals surface area contributed by atoms with Crippen LogP contribution in [0.25, 0.3) is 0 Å². The molecule has 5 rings (SSSR count). The van der Waals surface area contributed by atoms with Crippen LogP contribution >= 0.6 is 24.0 Å². The predicted molar refractivity (Wildman–Crippen MR) is 93.3 cm³/mol. The minimum atomic E-state index is 0. The summed E-state index contributed by atoms with van der Waals surface area (Å²) in [4.78, 5) is 6.99. The number of aliphatic imine (C=N–C) groups is 1. The third-order valence-electron chi connectivity index (χ3n) is 6.20. The number of halogens is 1. The summed E-state index contributed by atoms with van der Waals surface area (Å²) < 4.78 is 0. The van der Waals surface area contributed by atoms with E-state index in [9.17, 15) is 0 Å². The Kier molecular flexibility index (Phi) is 3.97. The summed E-state index contributed by atoms with van der Waals surface area (Å²) in [5.74, 6) is 3.84. The fourth-order valence-corrected chi connectivity index (χ4v) is 5.49. The van der Waals surface area contributed by atoms with Gasteiger partial charge in [-0.1, -0.05) is 0 Å². The Morgan fingerprint density at radius 2 is 1.60 bits per heavy atom. The predicted octanol–water partition coefficient (Wildman–Crippen LogP) is 3.23. The number of guanidine groups is 1. The number of nitrogens with two attached hydrogens (primary N) is 1. The van der Waals surface area contributed by atoms with Gasteiger partial charge in [0.15, 0.2) is 5.96 Å². The number of hydrogen-bond acceptors (Lipinski definition) is 1. The highest BCUT2D eigenvalue weighted by molar-refractivity contribution is 14.0. The third-order valence-corrected chi connectivity index (χ3v) is 6.20. The molecule has 20 heavy (non-hydrogen) atoms. The van der Waals surface area contributed by atoms with E-state index in [4.69, 9.17) is 10.7 Å². The zero-order valence-electron chi connectivity index (χ0n) is 12.6. The van der Waals surface area contributed by atoms with Crippen molar-refractivity contribution >= 4 is 29.9 Å². The van der Waals surface area contributed by atoms with Gasteiger partial charge in [-0.15, -0.1) is 24.0 Å². The Morgan fingerprint density at radius 1 is 1.10 bits per heavy atom. The molecule has 5 aliphatic rings. The van der Waals surface area contributed by atoms with Crippen LogP contribution in [-0.4, -0.2) is 30.5 Å². The molecule has 0 aromatic carbocycles. The topological polar surface area (TPSA) is 41.6 Å². The van der Waals surface area contributed by atoms with Gasteiger partial charge in [0.25, 0.3) is 0 Å². The van der Waals surface area contributed by atoms with Crippen LogP contribution in [0, 0.1) is 23.2 Å². The zero-order chi connectivity index (χ0) is 13.0. The molecule has 0 aliphatic heterocycles. The normalized spacial score (nSPS) is 42.5. The molecule has 0 unspecified atom stereocenters. The average Bonchev–Trinajstić information content (AvgIpc) is 3.17. The molecule has 0 saturated heterocycles. The Morgan fingerprint density at radius 3 is 2.05 bits per heavy atom. The lowest BCUT2D eigenvalue weighted by atomic mass is 9.49. The van der Waals surface area contributed by atoms with Crippen LogP contribution < -0.4 is 5.73 Å². The van der Waals surface area contributed by atoms with Gasteiger partial charge in [0.1, 0.15) is 0 Å². The molecule has 0 amide bonds. The SMILES string of the molecule is CN(C(N)=NCC12CC3CC(CC(C3)C1)C2)C1CC1.I. The number of nitrogens with zero attached hydrogens (tertiary/aromatic N) is 2. The second-order valence-corrected chi connectivity index (χ2v) is 7.93. The summed E-state index contributed by atoms with van der Waals surface area (Å²) in [6.45, 7) is 0.999. The Bertz CT molecular complexity index is 367. The van der Waals surface area contributed by atoms with E-state index >= 15 is 0 Å². The summed E-state index contributed by atoms with van der Waals surface area (Å²) in [6.07, 6.45) is 11.4. The van der Waals surface area contributed by atoms with Gasteiger partial charge in [-0.05, 0) is 74.5 Å². The lowest BCUT2D eigenvalue weighted by Crippen LogP contribution is -2.48. The van der Waals surface area contributed by atoms with Crippen molar-refractivity contribution in [2.75, 3.05) is 13.6 Å². The Labute approximate surface area is 139 Å². The molecule has 5 aliphatic carbocycles. The number of rotatable bonds is 3. The fraction of sp³-hybridized carbons (Fsp3) is 0.938. The van der Waals surface area contributed by atoms with Gasteiger partial charge in [-0.3, -0.25) is 4.99 Å². The van der Waals surface area contributed by atoms with Crippen molar-refractivity contribution in [2.45, 2.75) is 57.4 Å². The van der Waals surface area contributed by atoms with E-state index < -0.39 is 0 Å². The van der Waals surface area contributed by atoms with E-state index in [0.29, 0.717) is 11.5 Å². The molecule has 0 aromatic rings. The monoisotopic (exact) mass is 389 g/mol. The van der Waals surface area contributed by atoms with Gasteiger partial charge < -0.3 is 10.6 Å². The van der Waals surface area contributed by atoms with Gasteiger partial charge in [-0.2, -0.15) is 0 Å². The van der Waals surface area contributed by atoms with Crippen molar-refractivity contribution in [1.82, 2.24) is 4.90 Å². The maximum absolute atomic E-state index is 6.16. The first-order chi connectivity index (χ1) is 9.13. The van der Waals surface area contributed by atoms with Crippen LogP contribution in [0.3, 0.4) is 0 Å². The first-order valence-electron chi connectivity index (χ1n) is 8.16. The zero-order valence-corrected chi connectivity index (χ0v) is 14.9. The van der Waals surface area contributed by atoms with Crippen LogP contribution in [0.2, 0.25) is 0 Å². The van der Waals surface area contributed by atoms with E-state index in [2.05, 4.69) is 11.9 Å². The Balaban J connectivity index is 0.00000121. The van der Waals surface area contributed by atoms with Crippen molar-refractivity contribution in [1.29, 1.82) is 0 Å².